The topological polar surface area (TPSA) is 3.24 Å². The van der Waals surface area contributed by atoms with Gasteiger partial charge in [-0.25, -0.2) is 0 Å². The van der Waals surface area contributed by atoms with Gasteiger partial charge in [-0.05, 0) is 144 Å². The summed E-state index contributed by atoms with van der Waals surface area (Å²) < 4.78 is 0. The zero-order valence-corrected chi connectivity index (χ0v) is 44.3. The van der Waals surface area contributed by atoms with Gasteiger partial charge >= 0.3 is 0 Å². The Morgan fingerprint density at radius 1 is 0.441 bits per heavy atom. The van der Waals surface area contributed by atoms with Crippen LogP contribution in [-0.4, -0.2) is 6.71 Å². The maximum Gasteiger partial charge on any atom is 0.247 e. The number of hydrogen-bond donors (Lipinski definition) is 0. The van der Waals surface area contributed by atoms with Crippen molar-refractivity contribution in [2.45, 2.75) is 157 Å². The molecular formula is C66H76BN. The quantitative estimate of drug-likeness (QED) is 0.156. The lowest BCUT2D eigenvalue weighted by Crippen LogP contribution is -2.59. The molecule has 2 heterocycles. The number of rotatable bonds is 5. The smallest absolute Gasteiger partial charge is 0.247 e. The van der Waals surface area contributed by atoms with Crippen LogP contribution in [0.15, 0.2) is 140 Å². The predicted molar refractivity (Wildman–Crippen MR) is 298 cm³/mol. The van der Waals surface area contributed by atoms with Gasteiger partial charge < -0.3 is 4.90 Å². The Hall–Kier alpha value is -5.60. The van der Waals surface area contributed by atoms with Crippen molar-refractivity contribution in [3.05, 3.63) is 190 Å². The van der Waals surface area contributed by atoms with Crippen molar-refractivity contribution < 1.29 is 0 Å². The molecular weight excluding hydrogens is 818 g/mol. The number of aryl methyl sites for hydroxylation is 1. The molecule has 2 aliphatic rings. The summed E-state index contributed by atoms with van der Waals surface area (Å²) in [6.45, 7) is 37.4. The van der Waals surface area contributed by atoms with Crippen LogP contribution in [0.4, 0.5) is 17.1 Å². The third-order valence-corrected chi connectivity index (χ3v) is 15.2. The third-order valence-electron chi connectivity index (χ3n) is 15.2. The Labute approximate surface area is 411 Å². The first-order chi connectivity index (χ1) is 31.8. The van der Waals surface area contributed by atoms with E-state index in [9.17, 15) is 0 Å². The van der Waals surface area contributed by atoms with Crippen molar-refractivity contribution in [1.29, 1.82) is 0 Å². The average Bonchev–Trinajstić information content (AvgIpc) is 3.39. The lowest BCUT2D eigenvalue weighted by Gasteiger charge is -2.41. The van der Waals surface area contributed by atoms with Crippen molar-refractivity contribution in [2.24, 2.45) is 0 Å². The largest absolute Gasteiger partial charge is 0.311 e. The van der Waals surface area contributed by atoms with Gasteiger partial charge in [0.1, 0.15) is 0 Å². The normalized spacial score (nSPS) is 15.1. The van der Waals surface area contributed by atoms with Gasteiger partial charge in [-0.3, -0.25) is 0 Å². The zero-order valence-electron chi connectivity index (χ0n) is 44.3. The number of hydrogen-bond acceptors (Lipinski definition) is 1. The molecule has 348 valence electrons. The summed E-state index contributed by atoms with van der Waals surface area (Å²) in [5.41, 5.74) is 25.6. The summed E-state index contributed by atoms with van der Waals surface area (Å²) in [4.78, 5) is 2.68. The Kier molecular flexibility index (Phi) is 11.7. The van der Waals surface area contributed by atoms with Gasteiger partial charge in [0, 0.05) is 16.9 Å². The second-order valence-corrected chi connectivity index (χ2v) is 25.7. The van der Waals surface area contributed by atoms with Crippen molar-refractivity contribution in [3.63, 3.8) is 0 Å². The first kappa shape index (κ1) is 47.5. The van der Waals surface area contributed by atoms with Gasteiger partial charge in [0.25, 0.3) is 0 Å². The molecule has 0 N–H and O–H groups in total. The van der Waals surface area contributed by atoms with E-state index in [-0.39, 0.29) is 39.7 Å². The van der Waals surface area contributed by atoms with Crippen molar-refractivity contribution in [1.82, 2.24) is 0 Å². The Bertz CT molecular complexity index is 3020. The molecule has 68 heavy (non-hydrogen) atoms. The summed E-state index contributed by atoms with van der Waals surface area (Å²) >= 11 is 0. The predicted octanol–water partition coefficient (Wildman–Crippen LogP) is 16.0. The van der Waals surface area contributed by atoms with E-state index in [0.717, 1.165) is 12.8 Å². The lowest BCUT2D eigenvalue weighted by atomic mass is 9.33. The molecule has 0 radical (unpaired) electrons. The molecule has 0 amide bonds. The van der Waals surface area contributed by atoms with E-state index in [1.54, 1.807) is 0 Å². The monoisotopic (exact) mass is 894 g/mol. The highest BCUT2D eigenvalue weighted by Gasteiger charge is 2.43. The van der Waals surface area contributed by atoms with Gasteiger partial charge in [-0.1, -0.05) is 236 Å². The number of anilines is 3. The van der Waals surface area contributed by atoms with E-state index < -0.39 is 0 Å². The van der Waals surface area contributed by atoms with Crippen LogP contribution < -0.4 is 21.3 Å². The molecule has 1 atom stereocenters. The van der Waals surface area contributed by atoms with Gasteiger partial charge in [0.15, 0.2) is 0 Å². The maximum atomic E-state index is 2.68. The minimum Gasteiger partial charge on any atom is -0.311 e. The molecule has 0 bridgehead atoms. The SMILES string of the molecule is Cc1cccc(-c2cc3c4c(c2)N(c2ccc(C(C)(C)C)cc2-c2ccc(C(C)(C)C)cc2)c2ccc(C(C)(C)C)cc2B4c2cc(C(C)(C)C)ccc2CC3Cc2ccc(C(C)(C)C)cc2)c1. The van der Waals surface area contributed by atoms with E-state index in [2.05, 4.69) is 255 Å². The van der Waals surface area contributed by atoms with Gasteiger partial charge in [-0.2, -0.15) is 0 Å². The molecule has 2 heteroatoms. The molecule has 1 nitrogen and oxygen atoms in total. The van der Waals surface area contributed by atoms with Crippen LogP contribution in [0, 0.1) is 6.92 Å². The standard InChI is InChI=1S/C66H76BN/c1-42-18-17-19-45(34-42)47-37-55-48(35-43-20-25-49(26-21-43)62(2,3)4)36-46-24-29-52(65(11,12)13)40-56(46)67-57-41-53(66(14,15)16)31-33-59(57)68(60(38-47)61(55)67)58-32-30-51(64(8,9)10)39-54(58)44-22-27-50(28-23-44)63(5,6)7/h17-34,37-41,48H,35-36H2,1-16H3. The van der Waals surface area contributed by atoms with Crippen LogP contribution in [0.3, 0.4) is 0 Å². The highest BCUT2D eigenvalue weighted by molar-refractivity contribution is 6.98. The van der Waals surface area contributed by atoms with Crippen LogP contribution >= 0.6 is 0 Å². The number of benzene rings is 7. The van der Waals surface area contributed by atoms with Crippen molar-refractivity contribution >= 4 is 40.2 Å². The summed E-state index contributed by atoms with van der Waals surface area (Å²) in [5.74, 6) is 0.250. The van der Waals surface area contributed by atoms with Gasteiger partial charge in [0.05, 0.1) is 5.69 Å². The minimum atomic E-state index is -0.0329. The van der Waals surface area contributed by atoms with E-state index in [1.165, 1.54) is 106 Å². The molecule has 0 saturated heterocycles. The molecule has 0 aromatic heterocycles. The molecule has 7 aromatic rings. The van der Waals surface area contributed by atoms with E-state index in [0.29, 0.717) is 0 Å². The third kappa shape index (κ3) is 9.06. The summed E-state index contributed by atoms with van der Waals surface area (Å²) in [5, 5.41) is 0. The molecule has 0 spiro atoms. The van der Waals surface area contributed by atoms with Crippen LogP contribution in [-0.2, 0) is 39.9 Å². The van der Waals surface area contributed by atoms with E-state index in [4.69, 9.17) is 0 Å². The molecule has 1 unspecified atom stereocenters. The lowest BCUT2D eigenvalue weighted by molar-refractivity contribution is 0.589. The summed E-state index contributed by atoms with van der Waals surface area (Å²) in [6, 6.07) is 55.7. The van der Waals surface area contributed by atoms with Crippen LogP contribution in [0.2, 0.25) is 0 Å². The second-order valence-electron chi connectivity index (χ2n) is 25.7. The molecule has 0 fully saturated rings. The first-order valence-corrected chi connectivity index (χ1v) is 25.4. The Balaban J connectivity index is 1.41. The van der Waals surface area contributed by atoms with Gasteiger partial charge in [0.2, 0.25) is 6.71 Å². The first-order valence-electron chi connectivity index (χ1n) is 25.4. The molecule has 7 aromatic carbocycles. The highest BCUT2D eigenvalue weighted by atomic mass is 15.2. The van der Waals surface area contributed by atoms with Crippen molar-refractivity contribution in [2.75, 3.05) is 4.90 Å². The second kappa shape index (κ2) is 16.8. The molecule has 0 aliphatic carbocycles. The van der Waals surface area contributed by atoms with Crippen molar-refractivity contribution in [3.8, 4) is 22.3 Å². The highest BCUT2D eigenvalue weighted by Crippen LogP contribution is 2.47. The van der Waals surface area contributed by atoms with Crippen LogP contribution in [0.1, 0.15) is 160 Å². The number of fused-ring (bicyclic) bond motifs is 4. The molecule has 2 aliphatic heterocycles. The minimum absolute atomic E-state index is 0.000741. The van der Waals surface area contributed by atoms with E-state index in [1.807, 2.05) is 0 Å². The van der Waals surface area contributed by atoms with Gasteiger partial charge in [-0.15, -0.1) is 0 Å². The van der Waals surface area contributed by atoms with Crippen LogP contribution in [0.25, 0.3) is 22.3 Å². The Morgan fingerprint density at radius 3 is 1.53 bits per heavy atom. The zero-order chi connectivity index (χ0) is 48.9. The fourth-order valence-corrected chi connectivity index (χ4v) is 10.9. The average molecular weight is 894 g/mol. The maximum absolute atomic E-state index is 2.68. The Morgan fingerprint density at radius 2 is 0.956 bits per heavy atom. The summed E-state index contributed by atoms with van der Waals surface area (Å²) in [7, 11) is 0. The fourth-order valence-electron chi connectivity index (χ4n) is 10.9. The van der Waals surface area contributed by atoms with E-state index >= 15 is 0 Å². The molecule has 0 saturated carbocycles. The number of nitrogens with zero attached hydrogens (tertiary/aromatic N) is 1. The fraction of sp³-hybridized carbons (Fsp3) is 0.364. The summed E-state index contributed by atoms with van der Waals surface area (Å²) in [6.07, 6.45) is 1.93. The van der Waals surface area contributed by atoms with Crippen LogP contribution in [0.5, 0.6) is 0 Å². The molecule has 9 rings (SSSR count).